The van der Waals surface area contributed by atoms with Crippen LogP contribution in [-0.2, 0) is 23.7 Å². The van der Waals surface area contributed by atoms with E-state index in [1.807, 2.05) is 6.07 Å². The molecule has 0 unspecified atom stereocenters. The van der Waals surface area contributed by atoms with Crippen LogP contribution in [0.15, 0.2) is 27.4 Å². The third-order valence-corrected chi connectivity index (χ3v) is 4.57. The molecule has 0 amide bonds. The Morgan fingerprint density at radius 3 is 2.70 bits per heavy atom. The van der Waals surface area contributed by atoms with Crippen molar-refractivity contribution in [3.8, 4) is 0 Å². The molecule has 1 aromatic carbocycles. The van der Waals surface area contributed by atoms with Crippen molar-refractivity contribution in [2.75, 3.05) is 20.6 Å². The summed E-state index contributed by atoms with van der Waals surface area (Å²) in [5, 5.41) is 0. The van der Waals surface area contributed by atoms with Gasteiger partial charge in [0.2, 0.25) is 0 Å². The van der Waals surface area contributed by atoms with Crippen molar-refractivity contribution in [1.82, 2.24) is 13.6 Å². The summed E-state index contributed by atoms with van der Waals surface area (Å²) in [6.45, 7) is 0.281. The first-order chi connectivity index (χ1) is 9.31. The van der Waals surface area contributed by atoms with Crippen molar-refractivity contribution >= 4 is 21.3 Å². The molecule has 0 saturated heterocycles. The number of hydrogen-bond acceptors (Lipinski definition) is 4. The van der Waals surface area contributed by atoms with E-state index in [1.54, 1.807) is 19.2 Å². The zero-order chi connectivity index (χ0) is 14.9. The van der Waals surface area contributed by atoms with Crippen molar-refractivity contribution in [3.05, 3.63) is 34.3 Å². The molecule has 0 fully saturated rings. The average Bonchev–Trinajstić information content (AvgIpc) is 2.64. The highest BCUT2D eigenvalue weighted by Gasteiger charge is 2.12. The van der Waals surface area contributed by atoms with Crippen LogP contribution in [0.2, 0.25) is 0 Å². The number of aryl methyl sites for hydroxylation is 1. The Kier molecular flexibility index (Phi) is 3.98. The summed E-state index contributed by atoms with van der Waals surface area (Å²) >= 11 is 0. The molecule has 1 N–H and O–H groups in total. The number of nitrogens with one attached hydrogen (secondary N) is 1. The zero-order valence-electron chi connectivity index (χ0n) is 11.6. The van der Waals surface area contributed by atoms with Gasteiger partial charge in [-0.2, -0.15) is 12.7 Å². The van der Waals surface area contributed by atoms with E-state index >= 15 is 0 Å². The summed E-state index contributed by atoms with van der Waals surface area (Å²) in [5.74, 6) is -0.412. The van der Waals surface area contributed by atoms with E-state index in [0.717, 1.165) is 9.87 Å². The minimum atomic E-state index is -3.41. The van der Waals surface area contributed by atoms with E-state index < -0.39 is 16.0 Å². The van der Waals surface area contributed by atoms with Gasteiger partial charge in [-0.05, 0) is 24.1 Å². The first-order valence-corrected chi connectivity index (χ1v) is 7.51. The van der Waals surface area contributed by atoms with E-state index in [4.69, 9.17) is 4.42 Å². The van der Waals surface area contributed by atoms with Crippen molar-refractivity contribution in [2.24, 2.45) is 7.05 Å². The number of benzene rings is 1. The molecule has 0 aliphatic rings. The number of aromatic nitrogens is 1. The Morgan fingerprint density at radius 2 is 2.05 bits per heavy atom. The number of fused-ring (bicyclic) bond motifs is 1. The quantitative estimate of drug-likeness (QED) is 0.846. The topological polar surface area (TPSA) is 84.6 Å². The van der Waals surface area contributed by atoms with Crippen LogP contribution in [0.1, 0.15) is 5.56 Å². The van der Waals surface area contributed by atoms with Gasteiger partial charge < -0.3 is 4.42 Å². The summed E-state index contributed by atoms with van der Waals surface area (Å²) in [4.78, 5) is 11.4. The first kappa shape index (κ1) is 14.8. The zero-order valence-corrected chi connectivity index (χ0v) is 12.4. The normalized spacial score (nSPS) is 12.4. The molecule has 0 radical (unpaired) electrons. The molecule has 2 aromatic rings. The molecule has 0 atom stereocenters. The molecule has 0 spiro atoms. The van der Waals surface area contributed by atoms with E-state index in [1.165, 1.54) is 18.7 Å². The number of nitrogens with zero attached hydrogens (tertiary/aromatic N) is 2. The fourth-order valence-electron chi connectivity index (χ4n) is 1.79. The standard InChI is InChI=1S/C12H17N3O4S/c1-14(2)20(17,18)13-7-6-9-4-5-10-11(8-9)19-12(16)15(10)3/h4-5,8,13H,6-7H2,1-3H3. The second-order valence-corrected chi connectivity index (χ2v) is 6.63. The van der Waals surface area contributed by atoms with Gasteiger partial charge in [0, 0.05) is 27.7 Å². The Hall–Kier alpha value is -1.64. The van der Waals surface area contributed by atoms with Gasteiger partial charge in [0.05, 0.1) is 5.52 Å². The van der Waals surface area contributed by atoms with Crippen LogP contribution in [0.25, 0.3) is 11.1 Å². The fourth-order valence-corrected chi connectivity index (χ4v) is 2.41. The number of oxazole rings is 1. The predicted molar refractivity (Wildman–Crippen MR) is 75.8 cm³/mol. The molecule has 110 valence electrons. The van der Waals surface area contributed by atoms with Crippen LogP contribution in [0.3, 0.4) is 0 Å². The molecule has 20 heavy (non-hydrogen) atoms. The highest BCUT2D eigenvalue weighted by Crippen LogP contribution is 2.14. The molecule has 1 heterocycles. The van der Waals surface area contributed by atoms with Gasteiger partial charge in [-0.25, -0.2) is 9.52 Å². The van der Waals surface area contributed by atoms with E-state index in [9.17, 15) is 13.2 Å². The van der Waals surface area contributed by atoms with E-state index in [2.05, 4.69) is 4.72 Å². The van der Waals surface area contributed by atoms with E-state index in [0.29, 0.717) is 17.5 Å². The van der Waals surface area contributed by atoms with Crippen molar-refractivity contribution in [1.29, 1.82) is 0 Å². The lowest BCUT2D eigenvalue weighted by atomic mass is 10.1. The molecule has 0 aliphatic heterocycles. The lowest BCUT2D eigenvalue weighted by Crippen LogP contribution is -2.36. The average molecular weight is 299 g/mol. The number of rotatable bonds is 5. The van der Waals surface area contributed by atoms with E-state index in [-0.39, 0.29) is 6.54 Å². The summed E-state index contributed by atoms with van der Waals surface area (Å²) < 4.78 is 33.2. The monoisotopic (exact) mass is 299 g/mol. The lowest BCUT2D eigenvalue weighted by molar-refractivity contribution is 0.506. The van der Waals surface area contributed by atoms with Crippen LogP contribution < -0.4 is 10.5 Å². The second kappa shape index (κ2) is 5.39. The maximum absolute atomic E-state index is 11.5. The highest BCUT2D eigenvalue weighted by atomic mass is 32.2. The summed E-state index contributed by atoms with van der Waals surface area (Å²) in [6.07, 6.45) is 0.515. The Labute approximate surface area is 117 Å². The largest absolute Gasteiger partial charge is 0.419 e. The first-order valence-electron chi connectivity index (χ1n) is 6.07. The lowest BCUT2D eigenvalue weighted by Gasteiger charge is -2.12. The summed E-state index contributed by atoms with van der Waals surface area (Å²) in [6, 6.07) is 5.39. The molecule has 8 heteroatoms. The minimum Gasteiger partial charge on any atom is -0.408 e. The third-order valence-electron chi connectivity index (χ3n) is 3.04. The molecule has 2 rings (SSSR count). The van der Waals surface area contributed by atoms with Gasteiger partial charge in [-0.15, -0.1) is 0 Å². The van der Waals surface area contributed by atoms with Crippen LogP contribution in [0, 0.1) is 0 Å². The smallest absolute Gasteiger partial charge is 0.408 e. The summed E-state index contributed by atoms with van der Waals surface area (Å²) in [5.41, 5.74) is 2.12. The second-order valence-electron chi connectivity index (χ2n) is 4.66. The van der Waals surface area contributed by atoms with Crippen LogP contribution in [-0.4, -0.2) is 37.9 Å². The third kappa shape index (κ3) is 2.92. The molecule has 0 aliphatic carbocycles. The van der Waals surface area contributed by atoms with Gasteiger partial charge in [-0.1, -0.05) is 6.07 Å². The van der Waals surface area contributed by atoms with Crippen LogP contribution >= 0.6 is 0 Å². The predicted octanol–water partition coefficient (Wildman–Crippen LogP) is 0.0700. The van der Waals surface area contributed by atoms with Crippen LogP contribution in [0.4, 0.5) is 0 Å². The Bertz CT molecular complexity index is 774. The molecule has 0 saturated carbocycles. The summed E-state index contributed by atoms with van der Waals surface area (Å²) in [7, 11) is 1.16. The van der Waals surface area contributed by atoms with Crippen molar-refractivity contribution in [3.63, 3.8) is 0 Å². The van der Waals surface area contributed by atoms with Crippen molar-refractivity contribution < 1.29 is 12.8 Å². The maximum atomic E-state index is 11.5. The maximum Gasteiger partial charge on any atom is 0.419 e. The SMILES string of the molecule is CN(C)S(=O)(=O)NCCc1ccc2c(c1)oc(=O)n2C. The highest BCUT2D eigenvalue weighted by molar-refractivity contribution is 7.87. The number of hydrogen-bond donors (Lipinski definition) is 1. The van der Waals surface area contributed by atoms with Crippen LogP contribution in [0.5, 0.6) is 0 Å². The fraction of sp³-hybridized carbons (Fsp3) is 0.417. The molecule has 1 aromatic heterocycles. The Morgan fingerprint density at radius 1 is 1.35 bits per heavy atom. The van der Waals surface area contributed by atoms with Gasteiger partial charge in [-0.3, -0.25) is 4.57 Å². The molecular formula is C12H17N3O4S. The van der Waals surface area contributed by atoms with Gasteiger partial charge in [0.1, 0.15) is 0 Å². The van der Waals surface area contributed by atoms with Gasteiger partial charge in [0.25, 0.3) is 10.2 Å². The Balaban J connectivity index is 2.10. The van der Waals surface area contributed by atoms with Gasteiger partial charge in [0.15, 0.2) is 5.58 Å². The molecule has 7 nitrogen and oxygen atoms in total. The minimum absolute atomic E-state index is 0.281. The van der Waals surface area contributed by atoms with Gasteiger partial charge >= 0.3 is 5.76 Å². The molecule has 0 bridgehead atoms. The molecular weight excluding hydrogens is 282 g/mol. The van der Waals surface area contributed by atoms with Crippen molar-refractivity contribution in [2.45, 2.75) is 6.42 Å².